The quantitative estimate of drug-likeness (QED) is 0.589. The molecule has 0 radical (unpaired) electrons. The van der Waals surface area contributed by atoms with E-state index in [0.717, 1.165) is 34.5 Å². The van der Waals surface area contributed by atoms with Crippen LogP contribution in [0.1, 0.15) is 0 Å². The Kier molecular flexibility index (Phi) is 4.65. The van der Waals surface area contributed by atoms with Gasteiger partial charge in [0.1, 0.15) is 12.9 Å². The Labute approximate surface area is 142 Å². The van der Waals surface area contributed by atoms with Crippen LogP contribution < -0.4 is 10.5 Å². The average molecular weight is 368 g/mol. The van der Waals surface area contributed by atoms with Crippen molar-refractivity contribution in [1.82, 2.24) is 19.7 Å². The number of nitrogens with one attached hydrogen (secondary N) is 1. The Balaban J connectivity index is 1.66. The summed E-state index contributed by atoms with van der Waals surface area (Å²) in [5.41, 5.74) is 0.765. The summed E-state index contributed by atoms with van der Waals surface area (Å²) in [5, 5.41) is 25.2. The standard InChI is InChI=1S/C13H10F2N6O3S/c14-8-2-1-7(3-9(8)15)10-5-25-13(17-10)18-11(22)4-20-6-16-12(19-20)21(23)24/h1-3,5-6,23-24H,4H2,(H,17,18,22). The first kappa shape index (κ1) is 16.9. The minimum absolute atomic E-state index is 0.235. The molecule has 2 aromatic heterocycles. The van der Waals surface area contributed by atoms with Gasteiger partial charge in [0, 0.05) is 10.9 Å². The highest BCUT2D eigenvalue weighted by Crippen LogP contribution is 2.26. The molecule has 0 aliphatic rings. The van der Waals surface area contributed by atoms with Gasteiger partial charge in [-0.3, -0.25) is 15.2 Å². The van der Waals surface area contributed by atoms with Crippen molar-refractivity contribution in [2.75, 3.05) is 10.5 Å². The lowest BCUT2D eigenvalue weighted by molar-refractivity contribution is -0.116. The zero-order valence-corrected chi connectivity index (χ0v) is 13.1. The molecule has 0 aliphatic heterocycles. The third-order valence-corrected chi connectivity index (χ3v) is 3.73. The van der Waals surface area contributed by atoms with Crippen molar-refractivity contribution in [1.29, 1.82) is 0 Å². The second-order valence-electron chi connectivity index (χ2n) is 4.75. The molecule has 25 heavy (non-hydrogen) atoms. The minimum atomic E-state index is -0.986. The van der Waals surface area contributed by atoms with Crippen molar-refractivity contribution in [3.05, 3.63) is 41.5 Å². The van der Waals surface area contributed by atoms with Crippen LogP contribution in [-0.2, 0) is 11.3 Å². The van der Waals surface area contributed by atoms with Crippen molar-refractivity contribution in [3.63, 3.8) is 0 Å². The number of anilines is 2. The van der Waals surface area contributed by atoms with Gasteiger partial charge < -0.3 is 5.32 Å². The maximum Gasteiger partial charge on any atom is 0.295 e. The molecule has 0 unspecified atom stereocenters. The molecule has 3 N–H and O–H groups in total. The number of hydrogen-bond acceptors (Lipinski definition) is 8. The molecular weight excluding hydrogens is 358 g/mol. The Morgan fingerprint density at radius 2 is 2.12 bits per heavy atom. The van der Waals surface area contributed by atoms with E-state index in [1.165, 1.54) is 6.07 Å². The predicted molar refractivity (Wildman–Crippen MR) is 82.2 cm³/mol. The van der Waals surface area contributed by atoms with E-state index in [0.29, 0.717) is 11.3 Å². The third kappa shape index (κ3) is 3.93. The molecule has 1 aromatic carbocycles. The SMILES string of the molecule is O=C(Cn1cnc(N(O)O)n1)Nc1nc(-c2ccc(F)c(F)c2)cs1. The Hall–Kier alpha value is -2.96. The average Bonchev–Trinajstić information content (AvgIpc) is 3.19. The number of carbonyl (C=O) groups excluding carboxylic acids is 1. The molecule has 0 saturated heterocycles. The van der Waals surface area contributed by atoms with Gasteiger partial charge in [-0.05, 0) is 18.2 Å². The number of benzene rings is 1. The molecule has 130 valence electrons. The van der Waals surface area contributed by atoms with E-state index < -0.39 is 17.5 Å². The van der Waals surface area contributed by atoms with Gasteiger partial charge in [0.25, 0.3) is 5.95 Å². The first-order valence-electron chi connectivity index (χ1n) is 6.70. The highest BCUT2D eigenvalue weighted by Gasteiger charge is 2.12. The lowest BCUT2D eigenvalue weighted by Gasteiger charge is -2.02. The number of hydrogen-bond donors (Lipinski definition) is 3. The second kappa shape index (κ2) is 6.88. The van der Waals surface area contributed by atoms with Gasteiger partial charge in [-0.2, -0.15) is 4.98 Å². The smallest absolute Gasteiger partial charge is 0.295 e. The van der Waals surface area contributed by atoms with Crippen molar-refractivity contribution in [2.45, 2.75) is 6.54 Å². The van der Waals surface area contributed by atoms with Gasteiger partial charge in [0.15, 0.2) is 16.8 Å². The monoisotopic (exact) mass is 368 g/mol. The molecule has 3 rings (SSSR count). The molecule has 0 saturated carbocycles. The summed E-state index contributed by atoms with van der Waals surface area (Å²) in [6.07, 6.45) is 1.14. The van der Waals surface area contributed by atoms with Crippen LogP contribution in [0, 0.1) is 11.6 Å². The summed E-state index contributed by atoms with van der Waals surface area (Å²) in [6.45, 7) is -0.235. The number of halogens is 2. The van der Waals surface area contributed by atoms with Crippen LogP contribution in [-0.4, -0.2) is 36.1 Å². The van der Waals surface area contributed by atoms with Gasteiger partial charge in [-0.15, -0.1) is 16.4 Å². The van der Waals surface area contributed by atoms with Gasteiger partial charge in [-0.25, -0.2) is 18.4 Å². The summed E-state index contributed by atoms with van der Waals surface area (Å²) in [4.78, 5) is 19.6. The number of nitrogens with zero attached hydrogens (tertiary/aromatic N) is 5. The molecule has 0 spiro atoms. The molecule has 2 heterocycles. The van der Waals surface area contributed by atoms with Crippen molar-refractivity contribution >= 4 is 28.3 Å². The number of carbonyl (C=O) groups is 1. The molecule has 1 amide bonds. The summed E-state index contributed by atoms with van der Waals surface area (Å²) < 4.78 is 27.3. The summed E-state index contributed by atoms with van der Waals surface area (Å²) in [7, 11) is 0. The predicted octanol–water partition coefficient (Wildman–Crippen LogP) is 1.90. The van der Waals surface area contributed by atoms with E-state index in [9.17, 15) is 13.6 Å². The number of amides is 1. The highest BCUT2D eigenvalue weighted by molar-refractivity contribution is 7.14. The van der Waals surface area contributed by atoms with Crippen LogP contribution in [0.2, 0.25) is 0 Å². The van der Waals surface area contributed by atoms with E-state index in [1.54, 1.807) is 5.38 Å². The molecule has 0 bridgehead atoms. The summed E-state index contributed by atoms with van der Waals surface area (Å²) in [5.74, 6) is -2.81. The van der Waals surface area contributed by atoms with Crippen LogP contribution in [0.3, 0.4) is 0 Å². The molecule has 0 fully saturated rings. The van der Waals surface area contributed by atoms with Crippen molar-refractivity contribution in [2.24, 2.45) is 0 Å². The van der Waals surface area contributed by atoms with E-state index in [-0.39, 0.29) is 22.9 Å². The fraction of sp³-hybridized carbons (Fsp3) is 0.0769. The lowest BCUT2D eigenvalue weighted by Crippen LogP contribution is -2.19. The maximum atomic E-state index is 13.3. The fourth-order valence-corrected chi connectivity index (χ4v) is 2.61. The molecule has 0 aliphatic carbocycles. The molecular formula is C13H10F2N6O3S. The van der Waals surface area contributed by atoms with Crippen LogP contribution >= 0.6 is 11.3 Å². The van der Waals surface area contributed by atoms with Crippen LogP contribution in [0.5, 0.6) is 0 Å². The minimum Gasteiger partial charge on any atom is -0.300 e. The summed E-state index contributed by atoms with van der Waals surface area (Å²) in [6, 6.07) is 3.39. The van der Waals surface area contributed by atoms with Gasteiger partial charge >= 0.3 is 0 Å². The van der Waals surface area contributed by atoms with Crippen LogP contribution in [0.4, 0.5) is 19.9 Å². The third-order valence-electron chi connectivity index (χ3n) is 2.97. The largest absolute Gasteiger partial charge is 0.300 e. The number of thiazole rings is 1. The van der Waals surface area contributed by atoms with Gasteiger partial charge in [0.05, 0.1) is 5.69 Å². The first-order valence-corrected chi connectivity index (χ1v) is 7.58. The summed E-state index contributed by atoms with van der Waals surface area (Å²) >= 11 is 1.11. The molecule has 9 nitrogen and oxygen atoms in total. The van der Waals surface area contributed by atoms with Gasteiger partial charge in [-0.1, -0.05) is 5.23 Å². The van der Waals surface area contributed by atoms with E-state index in [1.807, 2.05) is 0 Å². The zero-order chi connectivity index (χ0) is 18.0. The van der Waals surface area contributed by atoms with E-state index in [4.69, 9.17) is 10.4 Å². The topological polar surface area (TPSA) is 116 Å². The lowest BCUT2D eigenvalue weighted by atomic mass is 10.2. The van der Waals surface area contributed by atoms with Crippen LogP contribution in [0.15, 0.2) is 29.9 Å². The zero-order valence-electron chi connectivity index (χ0n) is 12.3. The molecule has 3 aromatic rings. The fourth-order valence-electron chi connectivity index (χ4n) is 1.88. The molecule has 0 atom stereocenters. The maximum absolute atomic E-state index is 13.3. The molecule has 12 heteroatoms. The van der Waals surface area contributed by atoms with Crippen molar-refractivity contribution in [3.8, 4) is 11.3 Å². The Morgan fingerprint density at radius 1 is 1.32 bits per heavy atom. The number of rotatable bonds is 5. The highest BCUT2D eigenvalue weighted by atomic mass is 32.1. The Morgan fingerprint density at radius 3 is 2.80 bits per heavy atom. The second-order valence-corrected chi connectivity index (χ2v) is 5.60. The Bertz CT molecular complexity index is 913. The number of aromatic nitrogens is 4. The van der Waals surface area contributed by atoms with Crippen LogP contribution in [0.25, 0.3) is 11.3 Å². The van der Waals surface area contributed by atoms with Gasteiger partial charge in [0.2, 0.25) is 5.91 Å². The van der Waals surface area contributed by atoms with E-state index >= 15 is 0 Å². The normalized spacial score (nSPS) is 10.7. The van der Waals surface area contributed by atoms with E-state index in [2.05, 4.69) is 20.4 Å². The van der Waals surface area contributed by atoms with Crippen molar-refractivity contribution < 1.29 is 24.0 Å². The first-order chi connectivity index (χ1) is 11.9.